The summed E-state index contributed by atoms with van der Waals surface area (Å²) >= 11 is 0. The van der Waals surface area contributed by atoms with Crippen molar-refractivity contribution in [2.24, 2.45) is 5.41 Å². The van der Waals surface area contributed by atoms with E-state index in [9.17, 15) is 9.59 Å². The summed E-state index contributed by atoms with van der Waals surface area (Å²) in [6.45, 7) is 6.80. The Morgan fingerprint density at radius 3 is 2.33 bits per heavy atom. The zero-order chi connectivity index (χ0) is 12.1. The first-order chi connectivity index (χ1) is 6.82. The predicted octanol–water partition coefficient (Wildman–Crippen LogP) is 1.79. The van der Waals surface area contributed by atoms with Crippen LogP contribution in [0, 0.1) is 5.41 Å². The highest BCUT2D eigenvalue weighted by atomic mass is 16.4. The van der Waals surface area contributed by atoms with E-state index in [0.29, 0.717) is 0 Å². The average Bonchev–Trinajstić information content (AvgIpc) is 2.14. The van der Waals surface area contributed by atoms with Gasteiger partial charge in [0.2, 0.25) is 5.91 Å². The van der Waals surface area contributed by atoms with E-state index in [1.807, 2.05) is 6.92 Å². The summed E-state index contributed by atoms with van der Waals surface area (Å²) < 4.78 is 0. The van der Waals surface area contributed by atoms with Crippen molar-refractivity contribution in [2.45, 2.75) is 53.0 Å². The van der Waals surface area contributed by atoms with Crippen LogP contribution in [0.3, 0.4) is 0 Å². The standard InChI is InChI=1S/C11H21NO3/c1-5-6-7-8(2)12-9(13)11(3,4)10(14)15/h8H,5-7H2,1-4H3,(H,12,13)(H,14,15). The smallest absolute Gasteiger partial charge is 0.318 e. The molecular weight excluding hydrogens is 194 g/mol. The molecule has 2 N–H and O–H groups in total. The van der Waals surface area contributed by atoms with Crippen molar-refractivity contribution in [3.05, 3.63) is 0 Å². The molecule has 4 heteroatoms. The number of rotatable bonds is 6. The summed E-state index contributed by atoms with van der Waals surface area (Å²) in [6, 6.07) is 0.0380. The minimum atomic E-state index is -1.35. The molecule has 0 aliphatic heterocycles. The monoisotopic (exact) mass is 215 g/mol. The molecule has 0 spiro atoms. The molecule has 0 saturated heterocycles. The van der Waals surface area contributed by atoms with E-state index >= 15 is 0 Å². The first-order valence-electron chi connectivity index (χ1n) is 5.36. The lowest BCUT2D eigenvalue weighted by molar-refractivity contribution is -0.153. The number of carbonyl (C=O) groups is 2. The lowest BCUT2D eigenvalue weighted by atomic mass is 9.92. The Hall–Kier alpha value is -1.06. The van der Waals surface area contributed by atoms with Crippen LogP contribution in [-0.2, 0) is 9.59 Å². The third-order valence-electron chi connectivity index (χ3n) is 2.47. The van der Waals surface area contributed by atoms with E-state index < -0.39 is 17.3 Å². The minimum Gasteiger partial charge on any atom is -0.480 e. The molecular formula is C11H21NO3. The Morgan fingerprint density at radius 2 is 1.93 bits per heavy atom. The normalized spacial score (nSPS) is 13.3. The molecule has 0 rings (SSSR count). The summed E-state index contributed by atoms with van der Waals surface area (Å²) in [5, 5.41) is 11.6. The van der Waals surface area contributed by atoms with Crippen molar-refractivity contribution in [3.63, 3.8) is 0 Å². The van der Waals surface area contributed by atoms with Crippen LogP contribution in [-0.4, -0.2) is 23.0 Å². The molecule has 88 valence electrons. The van der Waals surface area contributed by atoms with Gasteiger partial charge in [-0.15, -0.1) is 0 Å². The summed E-state index contributed by atoms with van der Waals surface area (Å²) in [7, 11) is 0. The molecule has 0 aromatic heterocycles. The number of aliphatic carboxylic acids is 1. The largest absolute Gasteiger partial charge is 0.480 e. The zero-order valence-corrected chi connectivity index (χ0v) is 9.96. The van der Waals surface area contributed by atoms with Gasteiger partial charge in [0, 0.05) is 6.04 Å². The van der Waals surface area contributed by atoms with Gasteiger partial charge in [-0.1, -0.05) is 19.8 Å². The predicted molar refractivity (Wildman–Crippen MR) is 58.5 cm³/mol. The van der Waals surface area contributed by atoms with E-state index in [1.165, 1.54) is 13.8 Å². The topological polar surface area (TPSA) is 66.4 Å². The number of carboxylic acid groups (broad SMARTS) is 1. The van der Waals surface area contributed by atoms with Crippen LogP contribution in [0.5, 0.6) is 0 Å². The van der Waals surface area contributed by atoms with Crippen molar-refractivity contribution in [1.82, 2.24) is 5.32 Å². The second kappa shape index (κ2) is 5.73. The van der Waals surface area contributed by atoms with Crippen LogP contribution < -0.4 is 5.32 Å². The van der Waals surface area contributed by atoms with E-state index in [-0.39, 0.29) is 6.04 Å². The molecule has 1 amide bonds. The molecule has 0 aromatic rings. The van der Waals surface area contributed by atoms with Crippen LogP contribution in [0.15, 0.2) is 0 Å². The maximum atomic E-state index is 11.6. The fourth-order valence-electron chi connectivity index (χ4n) is 1.08. The molecule has 0 aliphatic rings. The van der Waals surface area contributed by atoms with Gasteiger partial charge in [-0.2, -0.15) is 0 Å². The van der Waals surface area contributed by atoms with Crippen molar-refractivity contribution >= 4 is 11.9 Å². The van der Waals surface area contributed by atoms with Crippen molar-refractivity contribution in [1.29, 1.82) is 0 Å². The maximum absolute atomic E-state index is 11.6. The number of carbonyl (C=O) groups excluding carboxylic acids is 1. The molecule has 0 aliphatic carbocycles. The van der Waals surface area contributed by atoms with Crippen LogP contribution in [0.25, 0.3) is 0 Å². The van der Waals surface area contributed by atoms with Gasteiger partial charge in [0.1, 0.15) is 5.41 Å². The lowest BCUT2D eigenvalue weighted by Gasteiger charge is -2.21. The number of nitrogens with one attached hydrogen (secondary N) is 1. The van der Waals surface area contributed by atoms with Crippen LogP contribution in [0.1, 0.15) is 47.0 Å². The maximum Gasteiger partial charge on any atom is 0.318 e. The fraction of sp³-hybridized carbons (Fsp3) is 0.818. The van der Waals surface area contributed by atoms with Gasteiger partial charge >= 0.3 is 5.97 Å². The fourth-order valence-corrected chi connectivity index (χ4v) is 1.08. The average molecular weight is 215 g/mol. The van der Waals surface area contributed by atoms with E-state index in [2.05, 4.69) is 12.2 Å². The third-order valence-corrected chi connectivity index (χ3v) is 2.47. The highest BCUT2D eigenvalue weighted by Gasteiger charge is 2.36. The van der Waals surface area contributed by atoms with Crippen LogP contribution >= 0.6 is 0 Å². The van der Waals surface area contributed by atoms with Gasteiger partial charge in [-0.05, 0) is 27.2 Å². The highest BCUT2D eigenvalue weighted by Crippen LogP contribution is 2.15. The van der Waals surface area contributed by atoms with Gasteiger partial charge in [0.05, 0.1) is 0 Å². The number of carboxylic acids is 1. The Kier molecular flexibility index (Phi) is 5.33. The van der Waals surface area contributed by atoms with Gasteiger partial charge in [0.25, 0.3) is 0 Å². The van der Waals surface area contributed by atoms with Gasteiger partial charge in [0.15, 0.2) is 0 Å². The number of hydrogen-bond acceptors (Lipinski definition) is 2. The summed E-state index contributed by atoms with van der Waals surface area (Å²) in [6.07, 6.45) is 3.00. The van der Waals surface area contributed by atoms with Crippen LogP contribution in [0.2, 0.25) is 0 Å². The van der Waals surface area contributed by atoms with E-state index in [0.717, 1.165) is 19.3 Å². The number of amides is 1. The number of hydrogen-bond donors (Lipinski definition) is 2. The van der Waals surface area contributed by atoms with Crippen molar-refractivity contribution in [3.8, 4) is 0 Å². The Labute approximate surface area is 91.1 Å². The van der Waals surface area contributed by atoms with Gasteiger partial charge in [-0.25, -0.2) is 0 Å². The summed E-state index contributed by atoms with van der Waals surface area (Å²) in [5.41, 5.74) is -1.35. The second-order valence-corrected chi connectivity index (χ2v) is 4.45. The molecule has 1 atom stereocenters. The quantitative estimate of drug-likeness (QED) is 0.664. The Morgan fingerprint density at radius 1 is 1.40 bits per heavy atom. The van der Waals surface area contributed by atoms with Crippen molar-refractivity contribution in [2.75, 3.05) is 0 Å². The summed E-state index contributed by atoms with van der Waals surface area (Å²) in [5.74, 6) is -1.51. The number of unbranched alkanes of at least 4 members (excludes halogenated alkanes) is 1. The Bertz CT molecular complexity index is 236. The molecule has 0 saturated carbocycles. The highest BCUT2D eigenvalue weighted by molar-refractivity contribution is 6.01. The van der Waals surface area contributed by atoms with Gasteiger partial charge < -0.3 is 10.4 Å². The molecule has 1 unspecified atom stereocenters. The zero-order valence-electron chi connectivity index (χ0n) is 9.96. The second-order valence-electron chi connectivity index (χ2n) is 4.45. The molecule has 15 heavy (non-hydrogen) atoms. The molecule has 0 bridgehead atoms. The molecule has 4 nitrogen and oxygen atoms in total. The van der Waals surface area contributed by atoms with Crippen molar-refractivity contribution < 1.29 is 14.7 Å². The SMILES string of the molecule is CCCCC(C)NC(=O)C(C)(C)C(=O)O. The van der Waals surface area contributed by atoms with E-state index in [1.54, 1.807) is 0 Å². The van der Waals surface area contributed by atoms with Gasteiger partial charge in [-0.3, -0.25) is 9.59 Å². The first-order valence-corrected chi connectivity index (χ1v) is 5.36. The molecule has 0 radical (unpaired) electrons. The van der Waals surface area contributed by atoms with Crippen LogP contribution in [0.4, 0.5) is 0 Å². The Balaban J connectivity index is 4.18. The third kappa shape index (κ3) is 4.32. The molecule has 0 heterocycles. The molecule has 0 aromatic carbocycles. The minimum absolute atomic E-state index is 0.0380. The molecule has 0 fully saturated rings. The lowest BCUT2D eigenvalue weighted by Crippen LogP contribution is -2.45. The first kappa shape index (κ1) is 13.9. The summed E-state index contributed by atoms with van der Waals surface area (Å²) in [4.78, 5) is 22.4. The van der Waals surface area contributed by atoms with E-state index in [4.69, 9.17) is 5.11 Å².